The van der Waals surface area contributed by atoms with E-state index in [1.165, 1.54) is 11.3 Å². The highest BCUT2D eigenvalue weighted by Gasteiger charge is 2.12. The third kappa shape index (κ3) is 4.99. The molecule has 146 valence electrons. The summed E-state index contributed by atoms with van der Waals surface area (Å²) in [5.74, 6) is 1.71. The number of nitrogens with zero attached hydrogens (tertiary/aromatic N) is 2. The third-order valence-corrected chi connectivity index (χ3v) is 4.70. The molecule has 8 heteroatoms. The number of ether oxygens (including phenoxy) is 2. The first-order valence-corrected chi connectivity index (χ1v) is 9.72. The molecule has 0 radical (unpaired) electrons. The molecule has 7 nitrogen and oxygen atoms in total. The van der Waals surface area contributed by atoms with Gasteiger partial charge >= 0.3 is 0 Å². The number of hydrogen-bond acceptors (Lipinski definition) is 7. The molecule has 0 fully saturated rings. The quantitative estimate of drug-likeness (QED) is 0.466. The fourth-order valence-corrected chi connectivity index (χ4v) is 3.16. The lowest BCUT2D eigenvalue weighted by atomic mass is 10.3. The van der Waals surface area contributed by atoms with Gasteiger partial charge in [0.15, 0.2) is 13.2 Å². The predicted octanol–water partition coefficient (Wildman–Crippen LogP) is 4.39. The highest BCUT2D eigenvalue weighted by atomic mass is 32.1. The average molecular weight is 407 g/mol. The summed E-state index contributed by atoms with van der Waals surface area (Å²) in [4.78, 5) is 17.5. The van der Waals surface area contributed by atoms with Crippen molar-refractivity contribution in [2.45, 2.75) is 6.61 Å². The Kier molecular flexibility index (Phi) is 5.82. The number of hydrogen-bond donors (Lipinski definition) is 1. The van der Waals surface area contributed by atoms with Crippen molar-refractivity contribution in [1.29, 1.82) is 0 Å². The molecule has 0 saturated heterocycles. The minimum absolute atomic E-state index is 0.0891. The van der Waals surface area contributed by atoms with Gasteiger partial charge in [-0.3, -0.25) is 4.79 Å². The Morgan fingerprint density at radius 2 is 1.83 bits per heavy atom. The molecule has 2 heterocycles. The van der Waals surface area contributed by atoms with Crippen LogP contribution in [0.25, 0.3) is 10.7 Å². The van der Waals surface area contributed by atoms with E-state index in [9.17, 15) is 4.79 Å². The number of aromatic nitrogens is 2. The molecule has 0 atom stereocenters. The van der Waals surface area contributed by atoms with Crippen LogP contribution in [0.3, 0.4) is 0 Å². The van der Waals surface area contributed by atoms with Crippen molar-refractivity contribution in [3.8, 4) is 22.2 Å². The van der Waals surface area contributed by atoms with Crippen LogP contribution in [0.4, 0.5) is 5.69 Å². The van der Waals surface area contributed by atoms with Gasteiger partial charge in [-0.1, -0.05) is 41.6 Å². The number of nitrogens with one attached hydrogen (secondary N) is 1. The van der Waals surface area contributed by atoms with Crippen LogP contribution >= 0.6 is 11.3 Å². The number of rotatable bonds is 8. The van der Waals surface area contributed by atoms with Crippen LogP contribution in [0.5, 0.6) is 11.5 Å². The zero-order valence-electron chi connectivity index (χ0n) is 15.3. The van der Waals surface area contributed by atoms with E-state index in [-0.39, 0.29) is 19.1 Å². The summed E-state index contributed by atoms with van der Waals surface area (Å²) in [7, 11) is 0. The largest absolute Gasteiger partial charge is 0.484 e. The van der Waals surface area contributed by atoms with Crippen LogP contribution < -0.4 is 14.8 Å². The fourth-order valence-electron chi connectivity index (χ4n) is 2.51. The van der Waals surface area contributed by atoms with E-state index in [1.54, 1.807) is 24.3 Å². The molecule has 4 aromatic rings. The summed E-state index contributed by atoms with van der Waals surface area (Å²) in [6, 6.07) is 20.1. The molecule has 0 bridgehead atoms. The first-order chi connectivity index (χ1) is 14.3. The maximum atomic E-state index is 12.2. The Balaban J connectivity index is 1.35. The highest BCUT2D eigenvalue weighted by Crippen LogP contribution is 2.26. The van der Waals surface area contributed by atoms with Gasteiger partial charge in [0, 0.05) is 0 Å². The van der Waals surface area contributed by atoms with Crippen molar-refractivity contribution in [2.24, 2.45) is 0 Å². The molecule has 29 heavy (non-hydrogen) atoms. The molecule has 0 aliphatic rings. The molecular weight excluding hydrogens is 390 g/mol. The Hall–Kier alpha value is -3.65. The normalized spacial score (nSPS) is 10.5. The molecule has 2 aromatic heterocycles. The van der Waals surface area contributed by atoms with Gasteiger partial charge in [0.1, 0.15) is 11.5 Å². The molecular formula is C21H17N3O4S. The SMILES string of the molecule is O=C(COc1ccccc1)Nc1ccccc1OCc1nc(-c2cccs2)no1. The molecule has 0 saturated carbocycles. The second kappa shape index (κ2) is 9.03. The maximum absolute atomic E-state index is 12.2. The first kappa shape index (κ1) is 18.7. The molecule has 0 aliphatic heterocycles. The van der Waals surface area contributed by atoms with Crippen molar-refractivity contribution < 1.29 is 18.8 Å². The van der Waals surface area contributed by atoms with Gasteiger partial charge in [0.25, 0.3) is 11.8 Å². The molecule has 0 spiro atoms. The Morgan fingerprint density at radius 3 is 2.66 bits per heavy atom. The lowest BCUT2D eigenvalue weighted by Gasteiger charge is -2.11. The monoisotopic (exact) mass is 407 g/mol. The zero-order valence-corrected chi connectivity index (χ0v) is 16.1. The van der Waals surface area contributed by atoms with Crippen LogP contribution in [0.1, 0.15) is 5.89 Å². The number of carbonyl (C=O) groups is 1. The fraction of sp³-hybridized carbons (Fsp3) is 0.0952. The molecule has 0 aliphatic carbocycles. The third-order valence-electron chi connectivity index (χ3n) is 3.84. The summed E-state index contributed by atoms with van der Waals surface area (Å²) in [6.07, 6.45) is 0. The smallest absolute Gasteiger partial charge is 0.264 e. The van der Waals surface area contributed by atoms with Crippen LogP contribution in [0.15, 0.2) is 76.6 Å². The summed E-state index contributed by atoms with van der Waals surface area (Å²) in [5.41, 5.74) is 0.534. The van der Waals surface area contributed by atoms with Gasteiger partial charge in [-0.25, -0.2) is 0 Å². The molecule has 1 N–H and O–H groups in total. The van der Waals surface area contributed by atoms with E-state index in [0.717, 1.165) is 4.88 Å². The van der Waals surface area contributed by atoms with E-state index in [2.05, 4.69) is 15.5 Å². The molecule has 4 rings (SSSR count). The molecule has 0 unspecified atom stereocenters. The molecule has 2 aromatic carbocycles. The minimum Gasteiger partial charge on any atom is -0.484 e. The van der Waals surface area contributed by atoms with E-state index in [1.807, 2.05) is 47.8 Å². The van der Waals surface area contributed by atoms with E-state index >= 15 is 0 Å². The summed E-state index contributed by atoms with van der Waals surface area (Å²) in [5, 5.41) is 8.69. The minimum atomic E-state index is -0.289. The van der Waals surface area contributed by atoms with Crippen molar-refractivity contribution in [3.05, 3.63) is 78.0 Å². The Morgan fingerprint density at radius 1 is 1.00 bits per heavy atom. The average Bonchev–Trinajstić information content (AvgIpc) is 3.44. The number of thiophene rings is 1. The van der Waals surface area contributed by atoms with Crippen LogP contribution in [-0.4, -0.2) is 22.7 Å². The number of amides is 1. The van der Waals surface area contributed by atoms with Gasteiger partial charge in [-0.2, -0.15) is 4.98 Å². The van der Waals surface area contributed by atoms with E-state index < -0.39 is 0 Å². The van der Waals surface area contributed by atoms with Gasteiger partial charge < -0.3 is 19.3 Å². The van der Waals surface area contributed by atoms with Gasteiger partial charge in [-0.05, 0) is 35.7 Å². The Bertz CT molecular complexity index is 1060. The summed E-state index contributed by atoms with van der Waals surface area (Å²) in [6.45, 7) is -0.0159. The lowest BCUT2D eigenvalue weighted by Crippen LogP contribution is -2.20. The van der Waals surface area contributed by atoms with Gasteiger partial charge in [-0.15, -0.1) is 11.3 Å². The van der Waals surface area contributed by atoms with Gasteiger partial charge in [0.05, 0.1) is 10.6 Å². The van der Waals surface area contributed by atoms with Crippen molar-refractivity contribution >= 4 is 22.9 Å². The Labute approximate surface area is 170 Å². The van der Waals surface area contributed by atoms with E-state index in [0.29, 0.717) is 28.9 Å². The van der Waals surface area contributed by atoms with Crippen molar-refractivity contribution in [3.63, 3.8) is 0 Å². The van der Waals surface area contributed by atoms with Crippen LogP contribution in [0, 0.1) is 0 Å². The van der Waals surface area contributed by atoms with Gasteiger partial charge in [0.2, 0.25) is 5.82 Å². The van der Waals surface area contributed by atoms with Crippen LogP contribution in [0.2, 0.25) is 0 Å². The highest BCUT2D eigenvalue weighted by molar-refractivity contribution is 7.13. The predicted molar refractivity (Wildman–Crippen MR) is 109 cm³/mol. The second-order valence-corrected chi connectivity index (χ2v) is 6.87. The second-order valence-electron chi connectivity index (χ2n) is 5.92. The van der Waals surface area contributed by atoms with Crippen molar-refractivity contribution in [1.82, 2.24) is 10.1 Å². The number of anilines is 1. The van der Waals surface area contributed by atoms with Crippen molar-refractivity contribution in [2.75, 3.05) is 11.9 Å². The zero-order chi connectivity index (χ0) is 19.9. The number of benzene rings is 2. The summed E-state index contributed by atoms with van der Waals surface area (Å²) >= 11 is 1.53. The van der Waals surface area contributed by atoms with Crippen LogP contribution in [-0.2, 0) is 11.4 Å². The molecule has 1 amide bonds. The van der Waals surface area contributed by atoms with E-state index in [4.69, 9.17) is 14.0 Å². The number of carbonyl (C=O) groups excluding carboxylic acids is 1. The standard InChI is InChI=1S/C21H17N3O4S/c25-19(13-26-15-7-2-1-3-8-15)22-16-9-4-5-10-17(16)27-14-20-23-21(24-28-20)18-11-6-12-29-18/h1-12H,13-14H2,(H,22,25). The summed E-state index contributed by atoms with van der Waals surface area (Å²) < 4.78 is 16.5. The topological polar surface area (TPSA) is 86.5 Å². The first-order valence-electron chi connectivity index (χ1n) is 8.84. The maximum Gasteiger partial charge on any atom is 0.264 e. The lowest BCUT2D eigenvalue weighted by molar-refractivity contribution is -0.118. The number of para-hydroxylation sites is 3.